The minimum atomic E-state index is -0.933. The zero-order chi connectivity index (χ0) is 14.5. The predicted octanol–water partition coefficient (Wildman–Crippen LogP) is 3.18. The fourth-order valence-corrected chi connectivity index (χ4v) is 2.01. The van der Waals surface area contributed by atoms with Gasteiger partial charge in [0.25, 0.3) is 0 Å². The second kappa shape index (κ2) is 5.89. The van der Waals surface area contributed by atoms with E-state index in [1.165, 1.54) is 0 Å². The van der Waals surface area contributed by atoms with Crippen molar-refractivity contribution < 1.29 is 9.90 Å². The molecular weight excluding hydrogens is 252 g/mol. The Morgan fingerprint density at radius 3 is 2.75 bits per heavy atom. The van der Waals surface area contributed by atoms with E-state index in [4.69, 9.17) is 10.4 Å². The van der Waals surface area contributed by atoms with Crippen LogP contribution in [0, 0.1) is 18.3 Å². The van der Waals surface area contributed by atoms with Crippen molar-refractivity contribution in [2.45, 2.75) is 13.5 Å². The van der Waals surface area contributed by atoms with Gasteiger partial charge in [0.05, 0.1) is 17.2 Å². The Bertz CT molecular complexity index is 687. The van der Waals surface area contributed by atoms with Gasteiger partial charge in [0.1, 0.15) is 0 Å². The quantitative estimate of drug-likeness (QED) is 0.891. The molecule has 0 amide bonds. The summed E-state index contributed by atoms with van der Waals surface area (Å²) in [5.74, 6) is -0.933. The summed E-state index contributed by atoms with van der Waals surface area (Å²) in [6.45, 7) is 2.32. The summed E-state index contributed by atoms with van der Waals surface area (Å²) in [6, 6.07) is 14.5. The van der Waals surface area contributed by atoms with E-state index in [0.717, 1.165) is 11.3 Å². The Morgan fingerprint density at radius 2 is 2.05 bits per heavy atom. The van der Waals surface area contributed by atoms with Gasteiger partial charge < -0.3 is 10.4 Å². The maximum atomic E-state index is 11.1. The van der Waals surface area contributed by atoms with Gasteiger partial charge in [-0.25, -0.2) is 4.79 Å². The normalized spacial score (nSPS) is 9.80. The van der Waals surface area contributed by atoms with E-state index < -0.39 is 5.97 Å². The van der Waals surface area contributed by atoms with Crippen LogP contribution in [-0.4, -0.2) is 11.1 Å². The number of hydrogen-bond acceptors (Lipinski definition) is 3. The number of carbonyl (C=O) groups is 1. The summed E-state index contributed by atoms with van der Waals surface area (Å²) in [4.78, 5) is 11.1. The van der Waals surface area contributed by atoms with Crippen LogP contribution in [0.1, 0.15) is 27.0 Å². The van der Waals surface area contributed by atoms with Crippen LogP contribution in [0.5, 0.6) is 0 Å². The van der Waals surface area contributed by atoms with Crippen LogP contribution in [0.4, 0.5) is 5.69 Å². The average molecular weight is 266 g/mol. The molecule has 2 rings (SSSR count). The Labute approximate surface area is 117 Å². The van der Waals surface area contributed by atoms with Crippen molar-refractivity contribution in [3.05, 3.63) is 64.7 Å². The zero-order valence-corrected chi connectivity index (χ0v) is 11.1. The van der Waals surface area contributed by atoms with Gasteiger partial charge in [0.15, 0.2) is 0 Å². The number of anilines is 1. The minimum absolute atomic E-state index is 0.292. The van der Waals surface area contributed by atoms with E-state index >= 15 is 0 Å². The zero-order valence-electron chi connectivity index (χ0n) is 11.1. The molecule has 100 valence electrons. The van der Waals surface area contributed by atoms with Crippen molar-refractivity contribution in [2.75, 3.05) is 5.32 Å². The van der Waals surface area contributed by atoms with Crippen LogP contribution in [0.2, 0.25) is 0 Å². The molecule has 0 aliphatic heterocycles. The maximum absolute atomic E-state index is 11.1. The highest BCUT2D eigenvalue weighted by molar-refractivity contribution is 5.91. The molecular formula is C16H14N2O2. The summed E-state index contributed by atoms with van der Waals surface area (Å²) < 4.78 is 0. The molecule has 20 heavy (non-hydrogen) atoms. The number of nitriles is 1. The highest BCUT2D eigenvalue weighted by atomic mass is 16.4. The first-order valence-electron chi connectivity index (χ1n) is 6.17. The third-order valence-corrected chi connectivity index (χ3v) is 3.10. The molecule has 0 saturated heterocycles. The first-order valence-corrected chi connectivity index (χ1v) is 6.17. The number of nitrogens with one attached hydrogen (secondary N) is 1. The molecule has 0 spiro atoms. The van der Waals surface area contributed by atoms with E-state index in [2.05, 4.69) is 11.4 Å². The molecule has 0 radical (unpaired) electrons. The fraction of sp³-hybridized carbons (Fsp3) is 0.125. The third-order valence-electron chi connectivity index (χ3n) is 3.10. The first-order chi connectivity index (χ1) is 9.61. The molecule has 0 aliphatic carbocycles. The van der Waals surface area contributed by atoms with Crippen molar-refractivity contribution in [3.8, 4) is 6.07 Å². The number of nitrogens with zero attached hydrogens (tertiary/aromatic N) is 1. The van der Waals surface area contributed by atoms with Crippen molar-refractivity contribution in [1.29, 1.82) is 5.26 Å². The Kier molecular flexibility index (Phi) is 4.02. The van der Waals surface area contributed by atoms with Crippen LogP contribution < -0.4 is 5.32 Å². The van der Waals surface area contributed by atoms with E-state index in [-0.39, 0.29) is 0 Å². The van der Waals surface area contributed by atoms with Crippen LogP contribution in [0.25, 0.3) is 0 Å². The van der Waals surface area contributed by atoms with Crippen LogP contribution in [0.3, 0.4) is 0 Å². The lowest BCUT2D eigenvalue weighted by Crippen LogP contribution is -2.05. The molecule has 0 heterocycles. The molecule has 0 aliphatic rings. The van der Waals surface area contributed by atoms with Crippen molar-refractivity contribution in [3.63, 3.8) is 0 Å². The third kappa shape index (κ3) is 2.96. The molecule has 0 saturated carbocycles. The largest absolute Gasteiger partial charge is 0.478 e. The Hall–Kier alpha value is -2.80. The molecule has 0 fully saturated rings. The lowest BCUT2D eigenvalue weighted by Gasteiger charge is -2.11. The lowest BCUT2D eigenvalue weighted by molar-refractivity contribution is 0.0696. The molecule has 2 aromatic carbocycles. The number of carboxylic acid groups (broad SMARTS) is 1. The van der Waals surface area contributed by atoms with Gasteiger partial charge in [0.2, 0.25) is 0 Å². The van der Waals surface area contributed by atoms with E-state index in [1.807, 2.05) is 24.3 Å². The second-order valence-electron chi connectivity index (χ2n) is 4.45. The summed E-state index contributed by atoms with van der Waals surface area (Å²) >= 11 is 0. The fourth-order valence-electron chi connectivity index (χ4n) is 2.01. The van der Waals surface area contributed by atoms with E-state index in [0.29, 0.717) is 23.2 Å². The van der Waals surface area contributed by atoms with Gasteiger partial charge in [-0.05, 0) is 42.3 Å². The Balaban J connectivity index is 2.17. The van der Waals surface area contributed by atoms with Gasteiger partial charge in [-0.2, -0.15) is 5.26 Å². The van der Waals surface area contributed by atoms with Crippen LogP contribution in [0.15, 0.2) is 42.5 Å². The average Bonchev–Trinajstić information content (AvgIpc) is 2.46. The van der Waals surface area contributed by atoms with Crippen LogP contribution >= 0.6 is 0 Å². The van der Waals surface area contributed by atoms with Crippen molar-refractivity contribution >= 4 is 11.7 Å². The van der Waals surface area contributed by atoms with E-state index in [9.17, 15) is 4.79 Å². The summed E-state index contributed by atoms with van der Waals surface area (Å²) in [5.41, 5.74) is 3.37. The van der Waals surface area contributed by atoms with Crippen molar-refractivity contribution in [2.24, 2.45) is 0 Å². The molecule has 0 aromatic heterocycles. The number of rotatable bonds is 4. The van der Waals surface area contributed by atoms with Gasteiger partial charge in [-0.1, -0.05) is 18.2 Å². The molecule has 4 heteroatoms. The molecule has 0 atom stereocenters. The molecule has 2 aromatic rings. The van der Waals surface area contributed by atoms with Crippen molar-refractivity contribution in [1.82, 2.24) is 0 Å². The summed E-state index contributed by atoms with van der Waals surface area (Å²) in [6.07, 6.45) is 0. The maximum Gasteiger partial charge on any atom is 0.336 e. The monoisotopic (exact) mass is 266 g/mol. The highest BCUT2D eigenvalue weighted by Crippen LogP contribution is 2.19. The van der Waals surface area contributed by atoms with Gasteiger partial charge in [-0.15, -0.1) is 0 Å². The minimum Gasteiger partial charge on any atom is -0.478 e. The Morgan fingerprint density at radius 1 is 1.30 bits per heavy atom. The number of aromatic carboxylic acids is 1. The van der Waals surface area contributed by atoms with Crippen LogP contribution in [-0.2, 0) is 6.54 Å². The lowest BCUT2D eigenvalue weighted by atomic mass is 10.1. The predicted molar refractivity (Wildman–Crippen MR) is 76.6 cm³/mol. The van der Waals surface area contributed by atoms with Gasteiger partial charge in [-0.3, -0.25) is 0 Å². The molecule has 2 N–H and O–H groups in total. The first kappa shape index (κ1) is 13.6. The summed E-state index contributed by atoms with van der Waals surface area (Å²) in [5, 5.41) is 21.1. The van der Waals surface area contributed by atoms with E-state index in [1.54, 1.807) is 25.1 Å². The number of carboxylic acids is 1. The topological polar surface area (TPSA) is 73.1 Å². The number of benzene rings is 2. The molecule has 4 nitrogen and oxygen atoms in total. The SMILES string of the molecule is Cc1c(NCc2cccc(C#N)c2)cccc1C(=O)O. The molecule has 0 bridgehead atoms. The smallest absolute Gasteiger partial charge is 0.336 e. The second-order valence-corrected chi connectivity index (χ2v) is 4.45. The summed E-state index contributed by atoms with van der Waals surface area (Å²) in [7, 11) is 0. The number of hydrogen-bond donors (Lipinski definition) is 2. The highest BCUT2D eigenvalue weighted by Gasteiger charge is 2.09. The standard InChI is InChI=1S/C16H14N2O2/c1-11-14(16(19)20)6-3-7-15(11)18-10-13-5-2-4-12(8-13)9-17/h2-8,18H,10H2,1H3,(H,19,20). The molecule has 0 unspecified atom stereocenters. The van der Waals surface area contributed by atoms with Gasteiger partial charge >= 0.3 is 5.97 Å². The van der Waals surface area contributed by atoms with Gasteiger partial charge in [0, 0.05) is 12.2 Å².